The molecule has 108 valence electrons. The molecule has 1 unspecified atom stereocenters. The number of halogens is 3. The number of aliphatic hydroxyl groups excluding tert-OH is 1. The van der Waals surface area contributed by atoms with Gasteiger partial charge in [-0.2, -0.15) is 0 Å². The van der Waals surface area contributed by atoms with E-state index in [0.717, 1.165) is 0 Å². The standard InChI is InChI=1S/C14H9Br2FN2O2/c15-9-3-6(17)1-2-7(9)13(20)8-4-11-12(5-10(8)16)19-14(21)18-11/h1-5,13,20H,(H2,18,19,21). The van der Waals surface area contributed by atoms with Crippen LogP contribution >= 0.6 is 31.9 Å². The Balaban J connectivity index is 2.14. The van der Waals surface area contributed by atoms with Gasteiger partial charge in [0.05, 0.1) is 11.0 Å². The van der Waals surface area contributed by atoms with Gasteiger partial charge in [0.2, 0.25) is 0 Å². The summed E-state index contributed by atoms with van der Waals surface area (Å²) in [4.78, 5) is 16.6. The highest BCUT2D eigenvalue weighted by Gasteiger charge is 2.18. The van der Waals surface area contributed by atoms with Gasteiger partial charge in [-0.25, -0.2) is 9.18 Å². The van der Waals surface area contributed by atoms with Crippen molar-refractivity contribution >= 4 is 42.9 Å². The highest BCUT2D eigenvalue weighted by atomic mass is 79.9. The predicted octanol–water partition coefficient (Wildman–Crippen LogP) is 3.60. The number of benzene rings is 2. The van der Waals surface area contributed by atoms with Gasteiger partial charge in [0.1, 0.15) is 11.9 Å². The first-order chi connectivity index (χ1) is 9.95. The van der Waals surface area contributed by atoms with Gasteiger partial charge < -0.3 is 15.1 Å². The monoisotopic (exact) mass is 414 g/mol. The SMILES string of the molecule is O=c1[nH]c2cc(Br)c(C(O)c3ccc(F)cc3Br)cc2[nH]1. The van der Waals surface area contributed by atoms with Crippen LogP contribution in [0.2, 0.25) is 0 Å². The Kier molecular flexibility index (Phi) is 3.73. The van der Waals surface area contributed by atoms with Crippen molar-refractivity contribution in [2.45, 2.75) is 6.10 Å². The molecule has 0 spiro atoms. The van der Waals surface area contributed by atoms with Crippen LogP contribution in [-0.4, -0.2) is 15.1 Å². The minimum atomic E-state index is -0.961. The van der Waals surface area contributed by atoms with E-state index in [1.54, 1.807) is 12.1 Å². The van der Waals surface area contributed by atoms with E-state index in [4.69, 9.17) is 0 Å². The van der Waals surface area contributed by atoms with Gasteiger partial charge in [-0.1, -0.05) is 37.9 Å². The number of aliphatic hydroxyl groups is 1. The van der Waals surface area contributed by atoms with Gasteiger partial charge in [0.15, 0.2) is 0 Å². The zero-order valence-electron chi connectivity index (χ0n) is 10.5. The van der Waals surface area contributed by atoms with Crippen molar-refractivity contribution in [3.8, 4) is 0 Å². The van der Waals surface area contributed by atoms with E-state index >= 15 is 0 Å². The van der Waals surface area contributed by atoms with Crippen molar-refractivity contribution in [2.24, 2.45) is 0 Å². The number of fused-ring (bicyclic) bond motifs is 1. The molecule has 1 heterocycles. The lowest BCUT2D eigenvalue weighted by molar-refractivity contribution is 0.219. The Labute approximate surface area is 135 Å². The first-order valence-corrected chi connectivity index (χ1v) is 7.59. The summed E-state index contributed by atoms with van der Waals surface area (Å²) in [6.45, 7) is 0. The second-order valence-electron chi connectivity index (χ2n) is 4.57. The number of imidazole rings is 1. The van der Waals surface area contributed by atoms with Crippen LogP contribution in [0.15, 0.2) is 44.1 Å². The normalized spacial score (nSPS) is 12.8. The summed E-state index contributed by atoms with van der Waals surface area (Å²) in [6, 6.07) is 7.48. The van der Waals surface area contributed by atoms with Gasteiger partial charge in [0, 0.05) is 14.5 Å². The van der Waals surface area contributed by atoms with Crippen molar-refractivity contribution in [1.29, 1.82) is 0 Å². The summed E-state index contributed by atoms with van der Waals surface area (Å²) in [5.41, 5.74) is 2.03. The molecule has 3 rings (SSSR count). The Morgan fingerprint density at radius 2 is 1.62 bits per heavy atom. The number of H-pyrrole nitrogens is 2. The molecular formula is C14H9Br2FN2O2. The van der Waals surface area contributed by atoms with E-state index in [0.29, 0.717) is 31.1 Å². The maximum atomic E-state index is 13.1. The van der Waals surface area contributed by atoms with Gasteiger partial charge in [-0.05, 0) is 29.8 Å². The van der Waals surface area contributed by atoms with Gasteiger partial charge >= 0.3 is 5.69 Å². The van der Waals surface area contributed by atoms with Crippen molar-refractivity contribution in [3.63, 3.8) is 0 Å². The molecule has 1 aromatic heterocycles. The molecule has 0 fully saturated rings. The number of aromatic nitrogens is 2. The van der Waals surface area contributed by atoms with Crippen LogP contribution in [0.5, 0.6) is 0 Å². The van der Waals surface area contributed by atoms with Crippen LogP contribution in [-0.2, 0) is 0 Å². The molecule has 0 radical (unpaired) electrons. The summed E-state index contributed by atoms with van der Waals surface area (Å²) >= 11 is 6.62. The van der Waals surface area contributed by atoms with Gasteiger partial charge in [-0.15, -0.1) is 0 Å². The van der Waals surface area contributed by atoms with Gasteiger partial charge in [-0.3, -0.25) is 0 Å². The molecule has 0 amide bonds. The molecule has 2 aromatic carbocycles. The maximum absolute atomic E-state index is 13.1. The van der Waals surface area contributed by atoms with E-state index in [1.807, 2.05) is 0 Å². The molecule has 21 heavy (non-hydrogen) atoms. The lowest BCUT2D eigenvalue weighted by Crippen LogP contribution is -2.02. The molecule has 1 atom stereocenters. The number of hydrogen-bond donors (Lipinski definition) is 3. The van der Waals surface area contributed by atoms with Crippen LogP contribution in [0.4, 0.5) is 4.39 Å². The minimum absolute atomic E-state index is 0.313. The number of hydrogen-bond acceptors (Lipinski definition) is 2. The van der Waals surface area contributed by atoms with Crippen molar-refractivity contribution < 1.29 is 9.50 Å². The van der Waals surface area contributed by atoms with Crippen LogP contribution in [0, 0.1) is 5.82 Å². The summed E-state index contributed by atoms with van der Waals surface area (Å²) < 4.78 is 14.3. The van der Waals surface area contributed by atoms with Gasteiger partial charge in [0.25, 0.3) is 0 Å². The second-order valence-corrected chi connectivity index (χ2v) is 6.28. The lowest BCUT2D eigenvalue weighted by atomic mass is 10.0. The van der Waals surface area contributed by atoms with E-state index in [9.17, 15) is 14.3 Å². The van der Waals surface area contributed by atoms with Crippen LogP contribution in [0.1, 0.15) is 17.2 Å². The summed E-state index contributed by atoms with van der Waals surface area (Å²) in [7, 11) is 0. The molecule has 0 saturated heterocycles. The number of nitrogens with one attached hydrogen (secondary N) is 2. The topological polar surface area (TPSA) is 68.9 Å². The third-order valence-electron chi connectivity index (χ3n) is 3.18. The summed E-state index contributed by atoms with van der Waals surface area (Å²) in [5.74, 6) is -0.387. The molecule has 0 saturated carbocycles. The zero-order valence-corrected chi connectivity index (χ0v) is 13.6. The van der Waals surface area contributed by atoms with E-state index in [2.05, 4.69) is 41.8 Å². The fraction of sp³-hybridized carbons (Fsp3) is 0.0714. The van der Waals surface area contributed by atoms with Crippen molar-refractivity contribution in [2.75, 3.05) is 0 Å². The molecule has 0 aliphatic heterocycles. The third kappa shape index (κ3) is 2.68. The first-order valence-electron chi connectivity index (χ1n) is 6.00. The van der Waals surface area contributed by atoms with Crippen LogP contribution in [0.3, 0.4) is 0 Å². The molecule has 0 aliphatic carbocycles. The Bertz CT molecular complexity index is 888. The predicted molar refractivity (Wildman–Crippen MR) is 84.8 cm³/mol. The van der Waals surface area contributed by atoms with E-state index < -0.39 is 6.10 Å². The smallest absolute Gasteiger partial charge is 0.323 e. The average Bonchev–Trinajstić information content (AvgIpc) is 2.76. The Hall–Kier alpha value is -1.44. The molecule has 0 bridgehead atoms. The fourth-order valence-corrected chi connectivity index (χ4v) is 3.30. The highest BCUT2D eigenvalue weighted by Crippen LogP contribution is 2.34. The fourth-order valence-electron chi connectivity index (χ4n) is 2.17. The maximum Gasteiger partial charge on any atom is 0.323 e. The van der Waals surface area contributed by atoms with Crippen LogP contribution < -0.4 is 5.69 Å². The number of aromatic amines is 2. The van der Waals surface area contributed by atoms with Crippen molar-refractivity contribution in [1.82, 2.24) is 9.97 Å². The highest BCUT2D eigenvalue weighted by molar-refractivity contribution is 9.10. The van der Waals surface area contributed by atoms with E-state index in [-0.39, 0.29) is 11.5 Å². The Morgan fingerprint density at radius 1 is 1.00 bits per heavy atom. The zero-order chi connectivity index (χ0) is 15.1. The molecule has 4 nitrogen and oxygen atoms in total. The largest absolute Gasteiger partial charge is 0.384 e. The lowest BCUT2D eigenvalue weighted by Gasteiger charge is -2.15. The minimum Gasteiger partial charge on any atom is -0.384 e. The molecule has 0 aliphatic rings. The quantitative estimate of drug-likeness (QED) is 0.598. The molecule has 3 N–H and O–H groups in total. The number of rotatable bonds is 2. The Morgan fingerprint density at radius 3 is 2.29 bits per heavy atom. The van der Waals surface area contributed by atoms with E-state index in [1.165, 1.54) is 18.2 Å². The molecule has 3 aromatic rings. The molecular weight excluding hydrogens is 407 g/mol. The van der Waals surface area contributed by atoms with Crippen molar-refractivity contribution in [3.05, 3.63) is 66.7 Å². The second kappa shape index (κ2) is 5.40. The average molecular weight is 416 g/mol. The summed E-state index contributed by atoms with van der Waals surface area (Å²) in [5, 5.41) is 10.5. The molecule has 7 heteroatoms. The third-order valence-corrected chi connectivity index (χ3v) is 4.56. The first kappa shape index (κ1) is 14.5. The summed E-state index contributed by atoms with van der Waals surface area (Å²) in [6.07, 6.45) is -0.961. The van der Waals surface area contributed by atoms with Crippen LogP contribution in [0.25, 0.3) is 11.0 Å².